The maximum atomic E-state index is 11.2. The number of benzene rings is 2. The number of rotatable bonds is 6. The predicted octanol–water partition coefficient (Wildman–Crippen LogP) is 5.46. The smallest absolute Gasteiger partial charge is 0.250 e. The van der Waals surface area contributed by atoms with Crippen LogP contribution in [-0.2, 0) is 6.61 Å². The quantitative estimate of drug-likeness (QED) is 0.516. The second kappa shape index (κ2) is 7.22. The van der Waals surface area contributed by atoms with Crippen LogP contribution in [0.1, 0.15) is 36.7 Å². The highest BCUT2D eigenvalue weighted by molar-refractivity contribution is 6.74. The number of hydrogen-bond donors (Lipinski definition) is 0. The van der Waals surface area contributed by atoms with Gasteiger partial charge in [-0.05, 0) is 35.8 Å². The lowest BCUT2D eigenvalue weighted by Gasteiger charge is -2.36. The lowest BCUT2D eigenvalue weighted by atomic mass is 10.2. The standard InChI is InChI=1S/C20H26O3Si/c1-20(2,3)24(4,5)23-19-12-17(14-21)11-18(13-19)22-15-16-9-7-6-8-10-16/h6-14H,15H2,1-5H3. The Labute approximate surface area is 145 Å². The molecular weight excluding hydrogens is 316 g/mol. The van der Waals surface area contributed by atoms with Crippen molar-refractivity contribution in [3.8, 4) is 11.5 Å². The molecule has 0 saturated carbocycles. The topological polar surface area (TPSA) is 35.5 Å². The predicted molar refractivity (Wildman–Crippen MR) is 100 cm³/mol. The Morgan fingerprint density at radius 3 is 2.21 bits per heavy atom. The maximum absolute atomic E-state index is 11.2. The lowest BCUT2D eigenvalue weighted by molar-refractivity contribution is 0.112. The summed E-state index contributed by atoms with van der Waals surface area (Å²) in [4.78, 5) is 11.2. The molecule has 128 valence electrons. The number of carbonyl (C=O) groups is 1. The lowest BCUT2D eigenvalue weighted by Crippen LogP contribution is -2.43. The summed E-state index contributed by atoms with van der Waals surface area (Å²) in [5, 5.41) is 0.0925. The highest BCUT2D eigenvalue weighted by atomic mass is 28.4. The Morgan fingerprint density at radius 1 is 1.00 bits per heavy atom. The molecule has 0 unspecified atom stereocenters. The second-order valence-electron chi connectivity index (χ2n) is 7.49. The first-order valence-electron chi connectivity index (χ1n) is 8.17. The monoisotopic (exact) mass is 342 g/mol. The Kier molecular flexibility index (Phi) is 5.50. The largest absolute Gasteiger partial charge is 0.543 e. The molecule has 0 aliphatic heterocycles. The number of carbonyl (C=O) groups excluding carboxylic acids is 1. The summed E-state index contributed by atoms with van der Waals surface area (Å²) in [5.41, 5.74) is 1.65. The van der Waals surface area contributed by atoms with Gasteiger partial charge < -0.3 is 9.16 Å². The van der Waals surface area contributed by atoms with Gasteiger partial charge in [-0.15, -0.1) is 0 Å². The zero-order valence-corrected chi connectivity index (χ0v) is 16.1. The van der Waals surface area contributed by atoms with Crippen LogP contribution in [0.3, 0.4) is 0 Å². The Hall–Kier alpha value is -2.07. The Balaban J connectivity index is 2.19. The summed E-state index contributed by atoms with van der Waals surface area (Å²) < 4.78 is 12.2. The van der Waals surface area contributed by atoms with Crippen LogP contribution in [0.4, 0.5) is 0 Å². The van der Waals surface area contributed by atoms with E-state index in [-0.39, 0.29) is 5.04 Å². The van der Waals surface area contributed by atoms with Gasteiger partial charge in [0, 0.05) is 11.6 Å². The maximum Gasteiger partial charge on any atom is 0.250 e. The molecule has 3 nitrogen and oxygen atoms in total. The van der Waals surface area contributed by atoms with Crippen molar-refractivity contribution in [1.29, 1.82) is 0 Å². The van der Waals surface area contributed by atoms with E-state index in [4.69, 9.17) is 9.16 Å². The van der Waals surface area contributed by atoms with Crippen molar-refractivity contribution < 1.29 is 14.0 Å². The highest BCUT2D eigenvalue weighted by Gasteiger charge is 2.39. The van der Waals surface area contributed by atoms with E-state index in [2.05, 4.69) is 33.9 Å². The van der Waals surface area contributed by atoms with E-state index >= 15 is 0 Å². The summed E-state index contributed by atoms with van der Waals surface area (Å²) in [5.74, 6) is 1.35. The van der Waals surface area contributed by atoms with Crippen LogP contribution >= 0.6 is 0 Å². The molecule has 0 heterocycles. The van der Waals surface area contributed by atoms with E-state index in [9.17, 15) is 4.79 Å². The molecular formula is C20H26O3Si. The zero-order chi connectivity index (χ0) is 17.8. The van der Waals surface area contributed by atoms with Crippen LogP contribution in [0.2, 0.25) is 18.1 Å². The molecule has 4 heteroatoms. The van der Waals surface area contributed by atoms with E-state index < -0.39 is 8.32 Å². The van der Waals surface area contributed by atoms with Gasteiger partial charge in [0.2, 0.25) is 8.32 Å². The zero-order valence-electron chi connectivity index (χ0n) is 15.1. The first kappa shape index (κ1) is 18.3. The third-order valence-corrected chi connectivity index (χ3v) is 8.82. The SMILES string of the molecule is CC(C)(C)[Si](C)(C)Oc1cc(C=O)cc(OCc2ccccc2)c1. The van der Waals surface area contributed by atoms with E-state index in [1.54, 1.807) is 12.1 Å². The number of aldehydes is 1. The van der Waals surface area contributed by atoms with Crippen LogP contribution in [0.15, 0.2) is 48.5 Å². The van der Waals surface area contributed by atoms with Crippen LogP contribution in [0, 0.1) is 0 Å². The molecule has 0 aliphatic carbocycles. The average Bonchev–Trinajstić information content (AvgIpc) is 2.52. The molecule has 2 aromatic carbocycles. The molecule has 0 fully saturated rings. The van der Waals surface area contributed by atoms with E-state index in [1.165, 1.54) is 0 Å². The summed E-state index contributed by atoms with van der Waals surface area (Å²) >= 11 is 0. The first-order valence-corrected chi connectivity index (χ1v) is 11.1. The van der Waals surface area contributed by atoms with Gasteiger partial charge in [-0.1, -0.05) is 51.1 Å². The molecule has 2 aromatic rings. The minimum atomic E-state index is -1.96. The van der Waals surface area contributed by atoms with Crippen molar-refractivity contribution in [2.75, 3.05) is 0 Å². The summed E-state index contributed by atoms with van der Waals surface area (Å²) in [7, 11) is -1.96. The molecule has 0 aromatic heterocycles. The van der Waals surface area contributed by atoms with Crippen molar-refractivity contribution in [2.24, 2.45) is 0 Å². The summed E-state index contributed by atoms with van der Waals surface area (Å²) in [6.45, 7) is 11.4. The van der Waals surface area contributed by atoms with Crippen LogP contribution in [0.25, 0.3) is 0 Å². The molecule has 0 bridgehead atoms. The molecule has 0 spiro atoms. The van der Waals surface area contributed by atoms with Gasteiger partial charge in [-0.3, -0.25) is 4.79 Å². The second-order valence-corrected chi connectivity index (χ2v) is 12.2. The molecule has 0 atom stereocenters. The fraction of sp³-hybridized carbons (Fsp3) is 0.350. The molecule has 0 N–H and O–H groups in total. The van der Waals surface area contributed by atoms with E-state index in [0.717, 1.165) is 11.8 Å². The van der Waals surface area contributed by atoms with Gasteiger partial charge >= 0.3 is 0 Å². The van der Waals surface area contributed by atoms with Crippen molar-refractivity contribution in [3.63, 3.8) is 0 Å². The molecule has 0 radical (unpaired) electrons. The summed E-state index contributed by atoms with van der Waals surface area (Å²) in [6.07, 6.45) is 0.827. The third kappa shape index (κ3) is 4.71. The van der Waals surface area contributed by atoms with Crippen molar-refractivity contribution in [2.45, 2.75) is 45.5 Å². The molecule has 24 heavy (non-hydrogen) atoms. The van der Waals surface area contributed by atoms with Gasteiger partial charge in [-0.2, -0.15) is 0 Å². The van der Waals surface area contributed by atoms with Crippen molar-refractivity contribution in [3.05, 3.63) is 59.7 Å². The highest BCUT2D eigenvalue weighted by Crippen LogP contribution is 2.38. The third-order valence-electron chi connectivity index (χ3n) is 4.47. The molecule has 2 rings (SSSR count). The van der Waals surface area contributed by atoms with E-state index in [0.29, 0.717) is 23.7 Å². The Morgan fingerprint density at radius 2 is 1.62 bits per heavy atom. The van der Waals surface area contributed by atoms with Gasteiger partial charge in [0.05, 0.1) is 0 Å². The molecule has 0 saturated heterocycles. The summed E-state index contributed by atoms with van der Waals surface area (Å²) in [6, 6.07) is 15.3. The van der Waals surface area contributed by atoms with Crippen LogP contribution in [0.5, 0.6) is 11.5 Å². The normalized spacial score (nSPS) is 11.9. The minimum absolute atomic E-state index is 0.0925. The average molecular weight is 343 g/mol. The molecule has 0 aliphatic rings. The van der Waals surface area contributed by atoms with Gasteiger partial charge in [0.15, 0.2) is 0 Å². The van der Waals surface area contributed by atoms with E-state index in [1.807, 2.05) is 36.4 Å². The van der Waals surface area contributed by atoms with Crippen molar-refractivity contribution in [1.82, 2.24) is 0 Å². The van der Waals surface area contributed by atoms with Gasteiger partial charge in [0.1, 0.15) is 24.4 Å². The number of ether oxygens (including phenoxy) is 1. The van der Waals surface area contributed by atoms with Crippen LogP contribution < -0.4 is 9.16 Å². The Bertz CT molecular complexity index is 688. The van der Waals surface area contributed by atoms with Crippen molar-refractivity contribution >= 4 is 14.6 Å². The van der Waals surface area contributed by atoms with Gasteiger partial charge in [-0.25, -0.2) is 0 Å². The minimum Gasteiger partial charge on any atom is -0.543 e. The van der Waals surface area contributed by atoms with Crippen LogP contribution in [-0.4, -0.2) is 14.6 Å². The molecule has 0 amide bonds. The number of hydrogen-bond acceptors (Lipinski definition) is 3. The fourth-order valence-electron chi connectivity index (χ4n) is 1.99. The fourth-order valence-corrected chi connectivity index (χ4v) is 3.01. The first-order chi connectivity index (χ1) is 11.2. The van der Waals surface area contributed by atoms with Gasteiger partial charge in [0.25, 0.3) is 0 Å².